The first-order valence-corrected chi connectivity index (χ1v) is 11.9. The molecule has 4 rings (SSSR count). The maximum Gasteiger partial charge on any atom is 0.408 e. The van der Waals surface area contributed by atoms with Gasteiger partial charge in [-0.3, -0.25) is 4.79 Å². The van der Waals surface area contributed by atoms with E-state index in [1.807, 2.05) is 30.3 Å². The predicted octanol–water partition coefficient (Wildman–Crippen LogP) is 5.12. The monoisotopic (exact) mass is 504 g/mol. The van der Waals surface area contributed by atoms with Crippen LogP contribution in [0.5, 0.6) is 0 Å². The molecule has 0 bridgehead atoms. The number of methoxy groups -OCH3 is 1. The lowest BCUT2D eigenvalue weighted by Gasteiger charge is -2.31. The second kappa shape index (κ2) is 10.0. The molecule has 37 heavy (non-hydrogen) atoms. The van der Waals surface area contributed by atoms with Crippen molar-refractivity contribution < 1.29 is 28.2 Å². The molecule has 1 aliphatic heterocycles. The van der Waals surface area contributed by atoms with Crippen LogP contribution in [0, 0.1) is 5.82 Å². The summed E-state index contributed by atoms with van der Waals surface area (Å²) in [4.78, 5) is 40.7. The van der Waals surface area contributed by atoms with Crippen molar-refractivity contribution in [3.8, 4) is 0 Å². The van der Waals surface area contributed by atoms with Crippen LogP contribution in [-0.4, -0.2) is 30.7 Å². The van der Waals surface area contributed by atoms with E-state index in [1.54, 1.807) is 56.0 Å². The Morgan fingerprint density at radius 1 is 0.973 bits per heavy atom. The van der Waals surface area contributed by atoms with Gasteiger partial charge in [0.25, 0.3) is 5.91 Å². The Hall–Kier alpha value is -4.20. The van der Waals surface area contributed by atoms with Crippen molar-refractivity contribution in [2.24, 2.45) is 0 Å². The molecule has 0 saturated carbocycles. The lowest BCUT2D eigenvalue weighted by atomic mass is 9.84. The van der Waals surface area contributed by atoms with Gasteiger partial charge in [0.2, 0.25) is 0 Å². The average Bonchev–Trinajstić information content (AvgIpc) is 3.05. The Bertz CT molecular complexity index is 1320. The van der Waals surface area contributed by atoms with Gasteiger partial charge in [-0.15, -0.1) is 0 Å². The van der Waals surface area contributed by atoms with Crippen molar-refractivity contribution in [3.63, 3.8) is 0 Å². The van der Waals surface area contributed by atoms with E-state index < -0.39 is 34.9 Å². The number of hydrogen-bond donors (Lipinski definition) is 1. The fraction of sp³-hybridized carbons (Fsp3) is 0.276. The highest BCUT2D eigenvalue weighted by molar-refractivity contribution is 6.09. The Morgan fingerprint density at radius 3 is 2.27 bits per heavy atom. The first kappa shape index (κ1) is 25.9. The largest absolute Gasteiger partial charge is 0.465 e. The summed E-state index contributed by atoms with van der Waals surface area (Å²) >= 11 is 0. The third-order valence-electron chi connectivity index (χ3n) is 6.06. The molecule has 1 heterocycles. The number of fused-ring (bicyclic) bond motifs is 1. The fourth-order valence-electron chi connectivity index (χ4n) is 4.46. The molecule has 1 N–H and O–H groups in total. The maximum absolute atomic E-state index is 14.6. The average molecular weight is 505 g/mol. The van der Waals surface area contributed by atoms with E-state index in [0.717, 1.165) is 5.56 Å². The van der Waals surface area contributed by atoms with Crippen molar-refractivity contribution in [1.82, 2.24) is 5.32 Å². The summed E-state index contributed by atoms with van der Waals surface area (Å²) in [5, 5.41) is 2.78. The molecule has 7 nitrogen and oxygen atoms in total. The summed E-state index contributed by atoms with van der Waals surface area (Å²) in [6.07, 6.45) is -0.794. The van der Waals surface area contributed by atoms with Crippen LogP contribution in [0.15, 0.2) is 72.8 Å². The molecule has 0 fully saturated rings. The zero-order valence-corrected chi connectivity index (χ0v) is 21.2. The minimum Gasteiger partial charge on any atom is -0.465 e. The van der Waals surface area contributed by atoms with Gasteiger partial charge >= 0.3 is 12.1 Å². The first-order chi connectivity index (χ1) is 17.5. The van der Waals surface area contributed by atoms with E-state index in [1.165, 1.54) is 19.2 Å². The number of ether oxygens (including phenoxy) is 2. The fourth-order valence-corrected chi connectivity index (χ4v) is 4.46. The number of halogens is 1. The molecule has 0 spiro atoms. The predicted molar refractivity (Wildman–Crippen MR) is 137 cm³/mol. The molecule has 3 aromatic carbocycles. The minimum absolute atomic E-state index is 0.00821. The highest BCUT2D eigenvalue weighted by atomic mass is 19.1. The van der Waals surface area contributed by atoms with Crippen molar-refractivity contribution >= 4 is 23.7 Å². The van der Waals surface area contributed by atoms with Crippen LogP contribution < -0.4 is 10.2 Å². The van der Waals surface area contributed by atoms with Crippen LogP contribution in [0.1, 0.15) is 47.8 Å². The van der Waals surface area contributed by atoms with E-state index in [9.17, 15) is 18.8 Å². The first-order valence-electron chi connectivity index (χ1n) is 11.9. The van der Waals surface area contributed by atoms with E-state index >= 15 is 0 Å². The SMILES string of the molecule is COC(=O)c1ccc(C[C@@]2(NC(=O)OC(C)(C)C)C(=O)N(Cc3ccccc3)c3ccc(F)cc32)cc1. The van der Waals surface area contributed by atoms with Crippen LogP contribution in [-0.2, 0) is 32.8 Å². The van der Waals surface area contributed by atoms with Gasteiger partial charge < -0.3 is 19.7 Å². The van der Waals surface area contributed by atoms with Crippen molar-refractivity contribution in [2.45, 2.75) is 44.9 Å². The number of rotatable bonds is 6. The molecule has 3 aromatic rings. The second-order valence-corrected chi connectivity index (χ2v) is 9.94. The highest BCUT2D eigenvalue weighted by Gasteiger charge is 2.53. The summed E-state index contributed by atoms with van der Waals surface area (Å²) in [6, 6.07) is 20.0. The Kier molecular flexibility index (Phi) is 7.03. The smallest absolute Gasteiger partial charge is 0.408 e. The summed E-state index contributed by atoms with van der Waals surface area (Å²) in [5.74, 6) is -1.45. The van der Waals surface area contributed by atoms with E-state index in [-0.39, 0.29) is 13.0 Å². The molecule has 1 aliphatic rings. The molecule has 2 amide bonds. The summed E-state index contributed by atoms with van der Waals surface area (Å²) in [5.41, 5.74) is 0.241. The zero-order valence-electron chi connectivity index (χ0n) is 21.2. The van der Waals surface area contributed by atoms with Gasteiger partial charge in [0.1, 0.15) is 11.4 Å². The topological polar surface area (TPSA) is 84.9 Å². The molecule has 0 radical (unpaired) electrons. The van der Waals surface area contributed by atoms with E-state index in [0.29, 0.717) is 22.4 Å². The summed E-state index contributed by atoms with van der Waals surface area (Å²) in [7, 11) is 1.29. The molecule has 0 aliphatic carbocycles. The normalized spacial score (nSPS) is 16.8. The zero-order chi connectivity index (χ0) is 26.8. The number of carbonyl (C=O) groups is 3. The number of nitrogens with zero attached hydrogens (tertiary/aromatic N) is 1. The molecule has 0 aromatic heterocycles. The van der Waals surface area contributed by atoms with Crippen LogP contribution in [0.3, 0.4) is 0 Å². The van der Waals surface area contributed by atoms with Gasteiger partial charge in [0, 0.05) is 12.0 Å². The van der Waals surface area contributed by atoms with Gasteiger partial charge in [-0.1, -0.05) is 42.5 Å². The number of carbonyl (C=O) groups excluding carboxylic acids is 3. The van der Waals surface area contributed by atoms with Gasteiger partial charge in [-0.2, -0.15) is 0 Å². The van der Waals surface area contributed by atoms with Gasteiger partial charge in [0.05, 0.1) is 24.9 Å². The van der Waals surface area contributed by atoms with E-state index in [2.05, 4.69) is 5.32 Å². The van der Waals surface area contributed by atoms with Crippen LogP contribution in [0.25, 0.3) is 0 Å². The molecule has 0 unspecified atom stereocenters. The third kappa shape index (κ3) is 5.48. The van der Waals surface area contributed by atoms with Crippen LogP contribution in [0.2, 0.25) is 0 Å². The highest BCUT2D eigenvalue weighted by Crippen LogP contribution is 2.44. The maximum atomic E-state index is 14.6. The molecular weight excluding hydrogens is 475 g/mol. The number of nitrogens with one attached hydrogen (secondary N) is 1. The number of esters is 1. The number of alkyl carbamates (subject to hydrolysis) is 1. The Morgan fingerprint density at radius 2 is 1.65 bits per heavy atom. The lowest BCUT2D eigenvalue weighted by molar-refractivity contribution is -0.124. The number of benzene rings is 3. The minimum atomic E-state index is -1.64. The van der Waals surface area contributed by atoms with Gasteiger partial charge in [0.15, 0.2) is 5.54 Å². The van der Waals surface area contributed by atoms with Crippen LogP contribution in [0.4, 0.5) is 14.9 Å². The van der Waals surface area contributed by atoms with Gasteiger partial charge in [-0.25, -0.2) is 14.0 Å². The number of amides is 2. The lowest BCUT2D eigenvalue weighted by Crippen LogP contribution is -2.55. The molecular formula is C29H29FN2O5. The van der Waals surface area contributed by atoms with Crippen molar-refractivity contribution in [1.29, 1.82) is 0 Å². The van der Waals surface area contributed by atoms with Crippen molar-refractivity contribution in [3.05, 3.63) is 101 Å². The Labute approximate surface area is 215 Å². The molecule has 1 atom stereocenters. The third-order valence-corrected chi connectivity index (χ3v) is 6.06. The van der Waals surface area contributed by atoms with Crippen molar-refractivity contribution in [2.75, 3.05) is 12.0 Å². The quantitative estimate of drug-likeness (QED) is 0.471. The Balaban J connectivity index is 1.80. The molecule has 8 heteroatoms. The summed E-state index contributed by atoms with van der Waals surface area (Å²) < 4.78 is 24.8. The van der Waals surface area contributed by atoms with E-state index in [4.69, 9.17) is 9.47 Å². The van der Waals surface area contributed by atoms with Gasteiger partial charge in [-0.05, 0) is 62.2 Å². The summed E-state index contributed by atoms with van der Waals surface area (Å²) in [6.45, 7) is 5.39. The number of anilines is 1. The molecule has 0 saturated heterocycles. The second-order valence-electron chi connectivity index (χ2n) is 9.94. The van der Waals surface area contributed by atoms with Crippen LogP contribution >= 0.6 is 0 Å². The standard InChI is InChI=1S/C29H29FN2O5/c1-28(2,3)37-27(35)31-29(17-19-10-12-21(13-11-19)25(33)36-4)23-16-22(30)14-15-24(23)32(26(29)34)18-20-8-6-5-7-9-20/h5-16H,17-18H2,1-4H3,(H,31,35)/t29-/m0/s1. The number of hydrogen-bond acceptors (Lipinski definition) is 5. The molecule has 192 valence electrons.